The van der Waals surface area contributed by atoms with Gasteiger partial charge >= 0.3 is 5.97 Å². The van der Waals surface area contributed by atoms with Gasteiger partial charge in [0.2, 0.25) is 5.91 Å². The first-order valence-electron chi connectivity index (χ1n) is 9.22. The molecule has 0 radical (unpaired) electrons. The molecule has 0 bridgehead atoms. The maximum absolute atomic E-state index is 12.3. The van der Waals surface area contributed by atoms with Crippen LogP contribution in [0.25, 0.3) is 0 Å². The lowest BCUT2D eigenvalue weighted by Gasteiger charge is -2.17. The number of carbonyl (C=O) groups is 4. The van der Waals surface area contributed by atoms with Gasteiger partial charge < -0.3 is 10.1 Å². The van der Waals surface area contributed by atoms with E-state index in [1.54, 1.807) is 36.4 Å². The smallest absolute Gasteiger partial charge is 0.311 e. The van der Waals surface area contributed by atoms with Crippen LogP contribution in [0.3, 0.4) is 0 Å². The summed E-state index contributed by atoms with van der Waals surface area (Å²) in [5.41, 5.74) is 4.53. The van der Waals surface area contributed by atoms with Crippen LogP contribution in [0.15, 0.2) is 53.0 Å². The molecule has 3 amide bonds. The third-order valence-corrected chi connectivity index (χ3v) is 5.01. The number of nitrogens with zero attached hydrogens (tertiary/aromatic N) is 1. The van der Waals surface area contributed by atoms with Crippen LogP contribution in [0.1, 0.15) is 22.3 Å². The number of amides is 3. The molecule has 3 rings (SSSR count). The second-order valence-corrected chi connectivity index (χ2v) is 7.79. The molecule has 1 atom stereocenters. The number of esters is 1. The molecule has 2 N–H and O–H groups in total. The first-order chi connectivity index (χ1) is 14.3. The van der Waals surface area contributed by atoms with E-state index in [0.29, 0.717) is 11.3 Å². The number of carbonyl (C=O) groups excluding carboxylic acids is 4. The van der Waals surface area contributed by atoms with Crippen LogP contribution in [0.4, 0.5) is 5.69 Å². The van der Waals surface area contributed by atoms with Gasteiger partial charge in [-0.2, -0.15) is 0 Å². The zero-order valence-corrected chi connectivity index (χ0v) is 17.8. The minimum Gasteiger partial charge on any atom is -0.455 e. The lowest BCUT2D eigenvalue weighted by molar-refractivity contribution is -0.151. The van der Waals surface area contributed by atoms with Gasteiger partial charge in [-0.1, -0.05) is 33.6 Å². The van der Waals surface area contributed by atoms with Crippen LogP contribution < -0.4 is 10.7 Å². The molecule has 8 nitrogen and oxygen atoms in total. The van der Waals surface area contributed by atoms with Crippen molar-refractivity contribution in [2.45, 2.75) is 13.3 Å². The van der Waals surface area contributed by atoms with E-state index in [0.717, 1.165) is 15.0 Å². The number of hydrazine groups is 1. The van der Waals surface area contributed by atoms with E-state index < -0.39 is 36.2 Å². The van der Waals surface area contributed by atoms with Crippen molar-refractivity contribution >= 4 is 45.3 Å². The van der Waals surface area contributed by atoms with E-state index in [1.165, 1.54) is 0 Å². The Kier molecular flexibility index (Phi) is 6.83. The Balaban J connectivity index is 1.47. The minimum atomic E-state index is -0.755. The van der Waals surface area contributed by atoms with Crippen LogP contribution in [0.2, 0.25) is 0 Å². The molecule has 9 heteroatoms. The fourth-order valence-corrected chi connectivity index (χ4v) is 3.11. The van der Waals surface area contributed by atoms with Crippen molar-refractivity contribution in [3.8, 4) is 0 Å². The van der Waals surface area contributed by atoms with E-state index in [-0.39, 0.29) is 13.0 Å². The molecule has 0 saturated carbocycles. The van der Waals surface area contributed by atoms with Crippen LogP contribution in [-0.4, -0.2) is 41.9 Å². The monoisotopic (exact) mass is 473 g/mol. The summed E-state index contributed by atoms with van der Waals surface area (Å²) in [6, 6.07) is 13.8. The first kappa shape index (κ1) is 21.5. The number of rotatable bonds is 6. The first-order valence-corrected chi connectivity index (χ1v) is 10.0. The summed E-state index contributed by atoms with van der Waals surface area (Å²) >= 11 is 3.29. The fourth-order valence-electron chi connectivity index (χ4n) is 2.85. The van der Waals surface area contributed by atoms with Gasteiger partial charge in [0.25, 0.3) is 11.8 Å². The number of ether oxygens (including phenoxy) is 1. The number of halogens is 1. The zero-order valence-electron chi connectivity index (χ0n) is 16.2. The van der Waals surface area contributed by atoms with Crippen LogP contribution in [0.5, 0.6) is 0 Å². The van der Waals surface area contributed by atoms with E-state index in [2.05, 4.69) is 26.7 Å². The van der Waals surface area contributed by atoms with Crippen LogP contribution in [0, 0.1) is 12.8 Å². The molecular formula is C21H20BrN3O5. The highest BCUT2D eigenvalue weighted by Crippen LogP contribution is 2.18. The number of aryl methyl sites for hydroxylation is 1. The Morgan fingerprint density at radius 1 is 1.10 bits per heavy atom. The Bertz CT molecular complexity index is 960. The van der Waals surface area contributed by atoms with Crippen molar-refractivity contribution in [1.82, 2.24) is 10.4 Å². The predicted octanol–water partition coefficient (Wildman–Crippen LogP) is 2.43. The van der Waals surface area contributed by atoms with Gasteiger partial charge in [-0.15, -0.1) is 0 Å². The third kappa shape index (κ3) is 5.66. The highest BCUT2D eigenvalue weighted by Gasteiger charge is 2.36. The predicted molar refractivity (Wildman–Crippen MR) is 112 cm³/mol. The number of benzene rings is 2. The molecule has 2 aromatic rings. The van der Waals surface area contributed by atoms with Crippen molar-refractivity contribution < 1.29 is 23.9 Å². The largest absolute Gasteiger partial charge is 0.455 e. The zero-order chi connectivity index (χ0) is 21.7. The van der Waals surface area contributed by atoms with Crippen molar-refractivity contribution in [2.75, 3.05) is 18.5 Å². The van der Waals surface area contributed by atoms with E-state index in [4.69, 9.17) is 4.74 Å². The number of anilines is 1. The Morgan fingerprint density at radius 3 is 2.43 bits per heavy atom. The van der Waals surface area contributed by atoms with Gasteiger partial charge in [-0.25, -0.2) is 0 Å². The molecule has 1 aliphatic rings. The average Bonchev–Trinajstić information content (AvgIpc) is 3.09. The van der Waals surface area contributed by atoms with Crippen LogP contribution >= 0.6 is 15.9 Å². The molecule has 0 aliphatic carbocycles. The highest BCUT2D eigenvalue weighted by atomic mass is 79.9. The highest BCUT2D eigenvalue weighted by molar-refractivity contribution is 9.10. The molecule has 1 heterocycles. The summed E-state index contributed by atoms with van der Waals surface area (Å²) in [6.45, 7) is 1.46. The lowest BCUT2D eigenvalue weighted by Crippen LogP contribution is -2.43. The molecule has 0 unspecified atom stereocenters. The van der Waals surface area contributed by atoms with Gasteiger partial charge in [0.1, 0.15) is 0 Å². The van der Waals surface area contributed by atoms with Gasteiger partial charge in [-0.3, -0.25) is 29.6 Å². The van der Waals surface area contributed by atoms with Crippen molar-refractivity contribution in [3.05, 3.63) is 64.1 Å². The molecular weight excluding hydrogens is 454 g/mol. The van der Waals surface area contributed by atoms with Gasteiger partial charge in [-0.05, 0) is 43.3 Å². The minimum absolute atomic E-state index is 0.0144. The molecule has 1 aliphatic heterocycles. The fraction of sp³-hybridized carbons (Fsp3) is 0.238. The Hall–Kier alpha value is -3.20. The van der Waals surface area contributed by atoms with Crippen molar-refractivity contribution in [3.63, 3.8) is 0 Å². The third-order valence-electron chi connectivity index (χ3n) is 4.48. The van der Waals surface area contributed by atoms with E-state index in [1.807, 2.05) is 19.1 Å². The van der Waals surface area contributed by atoms with Crippen molar-refractivity contribution in [2.24, 2.45) is 5.92 Å². The maximum atomic E-state index is 12.3. The normalized spacial score (nSPS) is 15.6. The van der Waals surface area contributed by atoms with Gasteiger partial charge in [0.15, 0.2) is 6.61 Å². The molecule has 156 valence electrons. The summed E-state index contributed by atoms with van der Waals surface area (Å²) in [7, 11) is 0. The van der Waals surface area contributed by atoms with E-state index >= 15 is 0 Å². The van der Waals surface area contributed by atoms with Crippen molar-refractivity contribution in [1.29, 1.82) is 0 Å². The van der Waals surface area contributed by atoms with Crippen LogP contribution in [-0.2, 0) is 19.1 Å². The second-order valence-electron chi connectivity index (χ2n) is 6.88. The Morgan fingerprint density at radius 2 is 1.77 bits per heavy atom. The Labute approximate surface area is 181 Å². The quantitative estimate of drug-likeness (QED) is 0.626. The molecule has 1 fully saturated rings. The SMILES string of the molecule is Cc1ccc(NC(=O)COC(=O)[C@H]2CC(=O)N(NC(=O)c3ccc(Br)cc3)C2)cc1. The standard InChI is InChI=1S/C21H20BrN3O5/c1-13-2-8-17(9-3-13)23-18(26)12-30-21(29)15-10-19(27)25(11-15)24-20(28)14-4-6-16(22)7-5-14/h2-9,15H,10-12H2,1H3,(H,23,26)(H,24,28)/t15-/m0/s1. The molecule has 0 spiro atoms. The summed E-state index contributed by atoms with van der Waals surface area (Å²) in [5, 5.41) is 3.73. The lowest BCUT2D eigenvalue weighted by atomic mass is 10.1. The van der Waals surface area contributed by atoms with E-state index in [9.17, 15) is 19.2 Å². The number of hydrogen-bond donors (Lipinski definition) is 2. The summed E-state index contributed by atoms with van der Waals surface area (Å²) < 4.78 is 5.86. The summed E-state index contributed by atoms with van der Waals surface area (Å²) in [5.74, 6) is -2.75. The molecule has 1 saturated heterocycles. The number of hydrogen-bond acceptors (Lipinski definition) is 5. The second kappa shape index (κ2) is 9.53. The maximum Gasteiger partial charge on any atom is 0.311 e. The molecule has 2 aromatic carbocycles. The summed E-state index contributed by atoms with van der Waals surface area (Å²) in [4.78, 5) is 48.6. The number of nitrogens with one attached hydrogen (secondary N) is 2. The van der Waals surface area contributed by atoms with Gasteiger partial charge in [0, 0.05) is 22.1 Å². The molecule has 0 aromatic heterocycles. The molecule has 30 heavy (non-hydrogen) atoms. The average molecular weight is 474 g/mol. The van der Waals surface area contributed by atoms with Gasteiger partial charge in [0.05, 0.1) is 12.5 Å². The summed E-state index contributed by atoms with van der Waals surface area (Å²) in [6.07, 6.45) is -0.0982. The topological polar surface area (TPSA) is 105 Å².